The normalized spacial score (nSPS) is 21.2. The van der Waals surface area contributed by atoms with Crippen LogP contribution in [0, 0.1) is 0 Å². The summed E-state index contributed by atoms with van der Waals surface area (Å²) in [5.41, 5.74) is 2.16. The lowest BCUT2D eigenvalue weighted by molar-refractivity contribution is -0.121. The first-order valence-electron chi connectivity index (χ1n) is 5.60. The van der Waals surface area contributed by atoms with Gasteiger partial charge in [0.2, 0.25) is 5.91 Å². The third-order valence-corrected chi connectivity index (χ3v) is 3.07. The topological polar surface area (TPSA) is 32.8 Å². The van der Waals surface area contributed by atoms with Crippen molar-refractivity contribution in [3.05, 3.63) is 29.8 Å². The van der Waals surface area contributed by atoms with E-state index in [2.05, 4.69) is 5.01 Å². The van der Waals surface area contributed by atoms with Gasteiger partial charge in [0.25, 0.3) is 0 Å². The number of carbonyl (C=O) groups is 1. The lowest BCUT2D eigenvalue weighted by Gasteiger charge is -2.34. The van der Waals surface area contributed by atoms with E-state index in [9.17, 15) is 4.79 Å². The van der Waals surface area contributed by atoms with Crippen molar-refractivity contribution in [2.45, 2.75) is 6.42 Å². The Labute approximate surface area is 94.4 Å². The Hall–Kier alpha value is -1.39. The molecular weight excluding hydrogens is 204 g/mol. The summed E-state index contributed by atoms with van der Waals surface area (Å²) in [4.78, 5) is 12.0. The van der Waals surface area contributed by atoms with Gasteiger partial charge in [-0.05, 0) is 11.6 Å². The molecule has 4 heteroatoms. The molecule has 0 spiro atoms. The van der Waals surface area contributed by atoms with Crippen molar-refractivity contribution in [1.82, 2.24) is 5.01 Å². The number of carbonyl (C=O) groups excluding carboxylic acids is 1. The molecule has 1 saturated heterocycles. The van der Waals surface area contributed by atoms with Crippen molar-refractivity contribution in [1.29, 1.82) is 0 Å². The van der Waals surface area contributed by atoms with E-state index in [1.807, 2.05) is 29.3 Å². The highest BCUT2D eigenvalue weighted by molar-refractivity contribution is 6.00. The molecule has 1 aromatic rings. The molecule has 0 saturated carbocycles. The van der Waals surface area contributed by atoms with Gasteiger partial charge in [-0.2, -0.15) is 0 Å². The molecule has 16 heavy (non-hydrogen) atoms. The Bertz CT molecular complexity index is 413. The maximum Gasteiger partial charge on any atom is 0.246 e. The minimum atomic E-state index is 0.170. The number of hydrazine groups is 1. The number of benzene rings is 1. The van der Waals surface area contributed by atoms with Crippen LogP contribution in [0.25, 0.3) is 0 Å². The molecule has 0 bridgehead atoms. The fraction of sp³-hybridized carbons (Fsp3) is 0.417. The van der Waals surface area contributed by atoms with E-state index in [0.29, 0.717) is 19.6 Å². The summed E-state index contributed by atoms with van der Waals surface area (Å²) in [6, 6.07) is 7.99. The number of fused-ring (bicyclic) bond motifs is 1. The average Bonchev–Trinajstić information content (AvgIpc) is 2.66. The molecule has 0 atom stereocenters. The van der Waals surface area contributed by atoms with E-state index in [0.717, 1.165) is 24.3 Å². The van der Waals surface area contributed by atoms with Gasteiger partial charge < -0.3 is 4.74 Å². The third kappa shape index (κ3) is 1.50. The summed E-state index contributed by atoms with van der Waals surface area (Å²) < 4.78 is 5.30. The average molecular weight is 218 g/mol. The zero-order valence-electron chi connectivity index (χ0n) is 9.06. The first-order valence-corrected chi connectivity index (χ1v) is 5.60. The van der Waals surface area contributed by atoms with Crippen LogP contribution in [0.5, 0.6) is 0 Å². The summed E-state index contributed by atoms with van der Waals surface area (Å²) in [6.45, 7) is 2.98. The van der Waals surface area contributed by atoms with Gasteiger partial charge in [0, 0.05) is 13.1 Å². The fourth-order valence-corrected chi connectivity index (χ4v) is 2.30. The molecule has 0 aliphatic carbocycles. The molecular formula is C12H14N2O2. The zero-order chi connectivity index (χ0) is 11.0. The van der Waals surface area contributed by atoms with Gasteiger partial charge in [-0.3, -0.25) is 4.79 Å². The lowest BCUT2D eigenvalue weighted by atomic mass is 10.2. The van der Waals surface area contributed by atoms with Gasteiger partial charge in [0.05, 0.1) is 25.3 Å². The van der Waals surface area contributed by atoms with Crippen LogP contribution in [0.4, 0.5) is 5.69 Å². The maximum atomic E-state index is 12.0. The van der Waals surface area contributed by atoms with E-state index >= 15 is 0 Å². The molecule has 4 nitrogen and oxygen atoms in total. The minimum Gasteiger partial charge on any atom is -0.379 e. The van der Waals surface area contributed by atoms with E-state index in [1.165, 1.54) is 0 Å². The van der Waals surface area contributed by atoms with E-state index < -0.39 is 0 Å². The van der Waals surface area contributed by atoms with Crippen LogP contribution in [-0.4, -0.2) is 37.2 Å². The Morgan fingerprint density at radius 1 is 1.12 bits per heavy atom. The van der Waals surface area contributed by atoms with Crippen LogP contribution in [0.15, 0.2) is 24.3 Å². The predicted octanol–water partition coefficient (Wildman–Crippen LogP) is 0.823. The van der Waals surface area contributed by atoms with Crippen LogP contribution in [0.3, 0.4) is 0 Å². The van der Waals surface area contributed by atoms with E-state index in [1.54, 1.807) is 0 Å². The molecule has 1 amide bonds. The number of morpholine rings is 1. The van der Waals surface area contributed by atoms with Crippen molar-refractivity contribution in [2.75, 3.05) is 31.3 Å². The van der Waals surface area contributed by atoms with Crippen LogP contribution in [0.2, 0.25) is 0 Å². The summed E-state index contributed by atoms with van der Waals surface area (Å²) in [6.07, 6.45) is 0.521. The molecule has 3 rings (SSSR count). The number of amides is 1. The molecule has 0 N–H and O–H groups in total. The van der Waals surface area contributed by atoms with E-state index in [-0.39, 0.29) is 5.91 Å². The van der Waals surface area contributed by atoms with Crippen LogP contribution < -0.4 is 5.01 Å². The number of hydrogen-bond acceptors (Lipinski definition) is 3. The summed E-state index contributed by atoms with van der Waals surface area (Å²) in [7, 11) is 0. The van der Waals surface area contributed by atoms with Crippen molar-refractivity contribution < 1.29 is 9.53 Å². The van der Waals surface area contributed by atoms with E-state index in [4.69, 9.17) is 4.74 Å². The molecule has 0 aromatic heterocycles. The molecule has 1 fully saturated rings. The Morgan fingerprint density at radius 2 is 1.88 bits per heavy atom. The second-order valence-corrected chi connectivity index (χ2v) is 4.08. The smallest absolute Gasteiger partial charge is 0.246 e. The summed E-state index contributed by atoms with van der Waals surface area (Å²) >= 11 is 0. The fourth-order valence-electron chi connectivity index (χ4n) is 2.30. The van der Waals surface area contributed by atoms with Gasteiger partial charge >= 0.3 is 0 Å². The number of hydrogen-bond donors (Lipinski definition) is 0. The lowest BCUT2D eigenvalue weighted by Crippen LogP contribution is -2.50. The molecule has 0 unspecified atom stereocenters. The summed E-state index contributed by atoms with van der Waals surface area (Å²) in [5, 5.41) is 3.90. The van der Waals surface area contributed by atoms with Crippen molar-refractivity contribution in [3.63, 3.8) is 0 Å². The Balaban J connectivity index is 1.92. The highest BCUT2D eigenvalue weighted by atomic mass is 16.5. The summed E-state index contributed by atoms with van der Waals surface area (Å²) in [5.74, 6) is 0.170. The van der Waals surface area contributed by atoms with Crippen LogP contribution in [-0.2, 0) is 16.0 Å². The molecule has 0 radical (unpaired) electrons. The number of rotatable bonds is 1. The molecule has 2 heterocycles. The second-order valence-electron chi connectivity index (χ2n) is 4.08. The molecule has 2 aliphatic heterocycles. The third-order valence-electron chi connectivity index (χ3n) is 3.07. The standard InChI is InChI=1S/C12H14N2O2/c15-12-9-10-3-1-2-4-11(10)14(12)13-5-7-16-8-6-13/h1-4H,5-9H2. The monoisotopic (exact) mass is 218 g/mol. The van der Waals surface area contributed by atoms with Gasteiger partial charge in [0.15, 0.2) is 0 Å². The van der Waals surface area contributed by atoms with Crippen LogP contribution >= 0.6 is 0 Å². The van der Waals surface area contributed by atoms with Gasteiger partial charge in [-0.1, -0.05) is 18.2 Å². The highest BCUT2D eigenvalue weighted by Gasteiger charge is 2.32. The van der Waals surface area contributed by atoms with Gasteiger partial charge in [-0.25, -0.2) is 10.0 Å². The van der Waals surface area contributed by atoms with Gasteiger partial charge in [0.1, 0.15) is 0 Å². The number of ether oxygens (including phenoxy) is 1. The SMILES string of the molecule is O=C1Cc2ccccc2N1N1CCOCC1. The predicted molar refractivity (Wildman–Crippen MR) is 60.0 cm³/mol. The second kappa shape index (κ2) is 3.88. The Kier molecular flexibility index (Phi) is 2.38. The molecule has 84 valence electrons. The quantitative estimate of drug-likeness (QED) is 0.699. The van der Waals surface area contributed by atoms with Crippen molar-refractivity contribution in [3.8, 4) is 0 Å². The zero-order valence-corrected chi connectivity index (χ0v) is 9.06. The largest absolute Gasteiger partial charge is 0.379 e. The highest BCUT2D eigenvalue weighted by Crippen LogP contribution is 2.29. The molecule has 1 aromatic carbocycles. The molecule has 2 aliphatic rings. The minimum absolute atomic E-state index is 0.170. The van der Waals surface area contributed by atoms with Crippen molar-refractivity contribution >= 4 is 11.6 Å². The Morgan fingerprint density at radius 3 is 2.69 bits per heavy atom. The maximum absolute atomic E-state index is 12.0. The van der Waals surface area contributed by atoms with Crippen LogP contribution in [0.1, 0.15) is 5.56 Å². The first-order chi connectivity index (χ1) is 7.86. The first kappa shape index (κ1) is 9.81. The number of para-hydroxylation sites is 1. The number of anilines is 1. The van der Waals surface area contributed by atoms with Gasteiger partial charge in [-0.15, -0.1) is 0 Å². The number of nitrogens with zero attached hydrogens (tertiary/aromatic N) is 2. The van der Waals surface area contributed by atoms with Crippen molar-refractivity contribution in [2.24, 2.45) is 0 Å².